The van der Waals surface area contributed by atoms with Gasteiger partial charge >= 0.3 is 5.97 Å². The molecule has 3 heteroatoms. The van der Waals surface area contributed by atoms with Gasteiger partial charge in [-0.2, -0.15) is 0 Å². The molecule has 0 spiro atoms. The zero-order valence-corrected chi connectivity index (χ0v) is 22.3. The molecule has 3 aromatic rings. The number of carbonyl (C=O) groups excluding carboxylic acids is 1. The Bertz CT molecular complexity index is 1060. The Kier molecular flexibility index (Phi) is 9.14. The molecule has 0 N–H and O–H groups in total. The first kappa shape index (κ1) is 26.5. The van der Waals surface area contributed by atoms with Crippen LogP contribution in [-0.4, -0.2) is 19.1 Å². The lowest BCUT2D eigenvalue weighted by Gasteiger charge is -2.26. The summed E-state index contributed by atoms with van der Waals surface area (Å²) >= 11 is 0. The number of nitrogens with zero attached hydrogens (tertiary/aromatic N) is 1. The quantitative estimate of drug-likeness (QED) is 0.280. The minimum atomic E-state index is -0.154. The molecule has 0 aromatic heterocycles. The average Bonchev–Trinajstić information content (AvgIpc) is 2.86. The summed E-state index contributed by atoms with van der Waals surface area (Å²) in [5.74, 6) is 0.426. The van der Waals surface area contributed by atoms with Gasteiger partial charge in [-0.25, -0.2) is 0 Å². The van der Waals surface area contributed by atoms with Crippen LogP contribution >= 0.6 is 0 Å². The lowest BCUT2D eigenvalue weighted by atomic mass is 9.87. The smallest absolute Gasteiger partial charge is 0.307 e. The van der Waals surface area contributed by atoms with Gasteiger partial charge in [-0.05, 0) is 64.6 Å². The van der Waals surface area contributed by atoms with Crippen LogP contribution in [0.25, 0.3) is 11.1 Å². The number of carbonyl (C=O) groups is 1. The second kappa shape index (κ2) is 12.1. The van der Waals surface area contributed by atoms with Crippen LogP contribution in [0.3, 0.4) is 0 Å². The van der Waals surface area contributed by atoms with Crippen molar-refractivity contribution in [2.45, 2.75) is 72.3 Å². The van der Waals surface area contributed by atoms with Gasteiger partial charge in [0.05, 0.1) is 13.0 Å². The van der Waals surface area contributed by atoms with Crippen molar-refractivity contribution in [1.82, 2.24) is 0 Å². The van der Waals surface area contributed by atoms with Gasteiger partial charge < -0.3 is 9.64 Å². The van der Waals surface area contributed by atoms with Gasteiger partial charge in [0, 0.05) is 18.8 Å². The monoisotopic (exact) mass is 471 g/mol. The van der Waals surface area contributed by atoms with Crippen LogP contribution in [0.5, 0.6) is 0 Å². The van der Waals surface area contributed by atoms with Crippen molar-refractivity contribution < 1.29 is 9.53 Å². The number of anilines is 1. The molecule has 0 aliphatic heterocycles. The molecule has 0 amide bonds. The summed E-state index contributed by atoms with van der Waals surface area (Å²) in [6.07, 6.45) is 1.52. The van der Waals surface area contributed by atoms with E-state index < -0.39 is 0 Å². The number of rotatable bonds is 10. The fraction of sp³-hybridized carbons (Fsp3) is 0.406. The molecule has 0 saturated heterocycles. The molecule has 0 saturated carbocycles. The van der Waals surface area contributed by atoms with E-state index in [-0.39, 0.29) is 11.4 Å². The maximum Gasteiger partial charge on any atom is 0.307 e. The van der Waals surface area contributed by atoms with Gasteiger partial charge in [0.1, 0.15) is 0 Å². The highest BCUT2D eigenvalue weighted by Gasteiger charge is 2.15. The molecule has 0 radical (unpaired) electrons. The molecule has 0 fully saturated rings. The summed E-state index contributed by atoms with van der Waals surface area (Å²) in [5.41, 5.74) is 7.59. The minimum Gasteiger partial charge on any atom is -0.466 e. The van der Waals surface area contributed by atoms with Gasteiger partial charge in [-0.3, -0.25) is 4.79 Å². The molecule has 1 atom stereocenters. The van der Waals surface area contributed by atoms with Crippen molar-refractivity contribution in [1.29, 1.82) is 0 Å². The van der Waals surface area contributed by atoms with Crippen molar-refractivity contribution in [3.8, 4) is 11.1 Å². The number of hydrogen-bond acceptors (Lipinski definition) is 3. The van der Waals surface area contributed by atoms with E-state index in [2.05, 4.69) is 112 Å². The van der Waals surface area contributed by atoms with Crippen molar-refractivity contribution in [3.05, 3.63) is 89.5 Å². The Morgan fingerprint density at radius 2 is 1.43 bits per heavy atom. The van der Waals surface area contributed by atoms with Crippen LogP contribution < -0.4 is 4.90 Å². The van der Waals surface area contributed by atoms with E-state index in [1.807, 2.05) is 6.92 Å². The Balaban J connectivity index is 1.79. The van der Waals surface area contributed by atoms with E-state index in [1.165, 1.54) is 27.8 Å². The van der Waals surface area contributed by atoms with Crippen LogP contribution in [0.2, 0.25) is 0 Å². The fourth-order valence-electron chi connectivity index (χ4n) is 4.19. The second-order valence-electron chi connectivity index (χ2n) is 10.4. The molecular weight excluding hydrogens is 430 g/mol. The molecule has 0 heterocycles. The Morgan fingerprint density at radius 1 is 0.857 bits per heavy atom. The highest BCUT2D eigenvalue weighted by atomic mass is 16.5. The first-order valence-corrected chi connectivity index (χ1v) is 12.9. The van der Waals surface area contributed by atoms with Crippen LogP contribution in [0.1, 0.15) is 77.0 Å². The zero-order valence-electron chi connectivity index (χ0n) is 22.3. The number of hydrogen-bond donors (Lipinski definition) is 0. The first-order valence-electron chi connectivity index (χ1n) is 12.9. The molecular formula is C32H41NO2. The number of esters is 1. The molecule has 3 rings (SSSR count). The molecule has 0 aliphatic carbocycles. The van der Waals surface area contributed by atoms with E-state index in [4.69, 9.17) is 4.74 Å². The average molecular weight is 472 g/mol. The molecule has 3 aromatic carbocycles. The van der Waals surface area contributed by atoms with Gasteiger partial charge in [-0.1, -0.05) is 95.3 Å². The van der Waals surface area contributed by atoms with E-state index >= 15 is 0 Å². The van der Waals surface area contributed by atoms with E-state index in [9.17, 15) is 4.79 Å². The Morgan fingerprint density at radius 3 is 1.94 bits per heavy atom. The largest absolute Gasteiger partial charge is 0.466 e. The maximum absolute atomic E-state index is 12.1. The predicted octanol–water partition coefficient (Wildman–Crippen LogP) is 8.12. The minimum absolute atomic E-state index is 0.130. The third kappa shape index (κ3) is 7.45. The standard InChI is InChI=1S/C32H41NO2/c1-7-24(3)26-11-13-27(14-12-26)28-15-19-30(20-16-28)33(22-21-31(34)35-8-2)23-25-9-17-29(18-10-25)32(4,5)6/h9-20,24H,7-8,21-23H2,1-6H3. The summed E-state index contributed by atoms with van der Waals surface area (Å²) < 4.78 is 5.18. The van der Waals surface area contributed by atoms with Crippen LogP contribution in [0.15, 0.2) is 72.8 Å². The summed E-state index contributed by atoms with van der Waals surface area (Å²) in [6.45, 7) is 14.8. The molecule has 1 unspecified atom stereocenters. The Labute approximate surface area is 212 Å². The number of benzene rings is 3. The lowest BCUT2D eigenvalue weighted by molar-refractivity contribution is -0.142. The van der Waals surface area contributed by atoms with Crippen LogP contribution in [-0.2, 0) is 21.5 Å². The highest BCUT2D eigenvalue weighted by Crippen LogP contribution is 2.28. The predicted molar refractivity (Wildman–Crippen MR) is 148 cm³/mol. The fourth-order valence-corrected chi connectivity index (χ4v) is 4.19. The summed E-state index contributed by atoms with van der Waals surface area (Å²) in [7, 11) is 0. The molecule has 3 nitrogen and oxygen atoms in total. The van der Waals surface area contributed by atoms with E-state index in [0.29, 0.717) is 25.5 Å². The topological polar surface area (TPSA) is 29.5 Å². The van der Waals surface area contributed by atoms with Crippen molar-refractivity contribution in [2.24, 2.45) is 0 Å². The summed E-state index contributed by atoms with van der Waals surface area (Å²) in [4.78, 5) is 14.3. The summed E-state index contributed by atoms with van der Waals surface area (Å²) in [6, 6.07) is 26.4. The van der Waals surface area contributed by atoms with E-state index in [1.54, 1.807) is 0 Å². The lowest BCUT2D eigenvalue weighted by Crippen LogP contribution is -2.26. The van der Waals surface area contributed by atoms with Gasteiger partial charge in [-0.15, -0.1) is 0 Å². The molecule has 0 bridgehead atoms. The normalized spacial score (nSPS) is 12.3. The van der Waals surface area contributed by atoms with Gasteiger partial charge in [0.2, 0.25) is 0 Å². The molecule has 186 valence electrons. The van der Waals surface area contributed by atoms with Gasteiger partial charge in [0.15, 0.2) is 0 Å². The SMILES string of the molecule is CCOC(=O)CCN(Cc1ccc(C(C)(C)C)cc1)c1ccc(-c2ccc(C(C)CC)cc2)cc1. The molecule has 0 aliphatic rings. The number of ether oxygens (including phenoxy) is 1. The third-order valence-electron chi connectivity index (χ3n) is 6.74. The van der Waals surface area contributed by atoms with Crippen LogP contribution in [0, 0.1) is 0 Å². The third-order valence-corrected chi connectivity index (χ3v) is 6.74. The zero-order chi connectivity index (χ0) is 25.4. The Hall–Kier alpha value is -3.07. The first-order chi connectivity index (χ1) is 16.7. The van der Waals surface area contributed by atoms with E-state index in [0.717, 1.165) is 18.7 Å². The van der Waals surface area contributed by atoms with Crippen LogP contribution in [0.4, 0.5) is 5.69 Å². The van der Waals surface area contributed by atoms with Crippen molar-refractivity contribution in [2.75, 3.05) is 18.1 Å². The second-order valence-corrected chi connectivity index (χ2v) is 10.4. The van der Waals surface area contributed by atoms with Crippen molar-refractivity contribution >= 4 is 11.7 Å². The van der Waals surface area contributed by atoms with Crippen molar-refractivity contribution in [3.63, 3.8) is 0 Å². The maximum atomic E-state index is 12.1. The summed E-state index contributed by atoms with van der Waals surface area (Å²) in [5, 5.41) is 0. The van der Waals surface area contributed by atoms with Gasteiger partial charge in [0.25, 0.3) is 0 Å². The molecule has 35 heavy (non-hydrogen) atoms. The highest BCUT2D eigenvalue weighted by molar-refractivity contribution is 5.71.